The number of carbonyl (C=O) groups excluding carboxylic acids is 1. The van der Waals surface area contributed by atoms with Crippen LogP contribution >= 0.6 is 0 Å². The van der Waals surface area contributed by atoms with E-state index in [1.54, 1.807) is 13.8 Å². The smallest absolute Gasteiger partial charge is 0.330 e. The number of nitrogens with zero attached hydrogens (tertiary/aromatic N) is 6. The molecular weight excluding hydrogens is 423 g/mol. The van der Waals surface area contributed by atoms with Crippen LogP contribution in [-0.2, 0) is 12.6 Å². The zero-order chi connectivity index (χ0) is 22.5. The Kier molecular flexibility index (Phi) is 4.94. The van der Waals surface area contributed by atoms with E-state index in [2.05, 4.69) is 20.3 Å². The second-order valence-corrected chi connectivity index (χ2v) is 7.07. The Bertz CT molecular complexity index is 1180. The third kappa shape index (κ3) is 3.51. The summed E-state index contributed by atoms with van der Waals surface area (Å²) in [7, 11) is 0. The highest BCUT2D eigenvalue weighted by Gasteiger charge is 2.40. The van der Waals surface area contributed by atoms with Crippen molar-refractivity contribution in [3.8, 4) is 5.82 Å². The van der Waals surface area contributed by atoms with Gasteiger partial charge in [-0.1, -0.05) is 5.21 Å². The summed E-state index contributed by atoms with van der Waals surface area (Å²) in [5.74, 6) is -2.75. The molecular formula is C19H15F5N6O. The molecule has 0 radical (unpaired) electrons. The summed E-state index contributed by atoms with van der Waals surface area (Å²) < 4.78 is 68.2. The van der Waals surface area contributed by atoms with Crippen molar-refractivity contribution in [2.45, 2.75) is 32.5 Å². The number of aromatic nitrogens is 5. The van der Waals surface area contributed by atoms with Gasteiger partial charge in [-0.05, 0) is 31.5 Å². The molecule has 0 fully saturated rings. The first-order chi connectivity index (χ1) is 14.6. The molecule has 4 rings (SSSR count). The summed E-state index contributed by atoms with van der Waals surface area (Å²) in [6.07, 6.45) is -2.97. The Balaban J connectivity index is 1.66. The topological polar surface area (TPSA) is 76.8 Å². The lowest BCUT2D eigenvalue weighted by Crippen LogP contribution is -2.40. The third-order valence-corrected chi connectivity index (χ3v) is 5.14. The van der Waals surface area contributed by atoms with Crippen LogP contribution in [0, 0.1) is 18.6 Å². The molecule has 1 atom stereocenters. The minimum Gasteiger partial charge on any atom is -0.330 e. The van der Waals surface area contributed by atoms with Crippen LogP contribution in [0.5, 0.6) is 0 Å². The van der Waals surface area contributed by atoms with E-state index in [0.29, 0.717) is 22.8 Å². The van der Waals surface area contributed by atoms with Gasteiger partial charge in [0.2, 0.25) is 0 Å². The van der Waals surface area contributed by atoms with Crippen LogP contribution < -0.4 is 0 Å². The summed E-state index contributed by atoms with van der Waals surface area (Å²) in [4.78, 5) is 21.1. The van der Waals surface area contributed by atoms with Crippen molar-refractivity contribution in [1.82, 2.24) is 29.9 Å². The largest absolute Gasteiger partial charge is 0.436 e. The fourth-order valence-corrected chi connectivity index (χ4v) is 3.50. The fraction of sp³-hybridized carbons (Fsp3) is 0.316. The first kappa shape index (κ1) is 20.8. The third-order valence-electron chi connectivity index (χ3n) is 5.14. The van der Waals surface area contributed by atoms with E-state index in [9.17, 15) is 26.7 Å². The normalized spacial score (nSPS) is 16.4. The summed E-state index contributed by atoms with van der Waals surface area (Å²) in [5.41, 5.74) is -1.08. The quantitative estimate of drug-likeness (QED) is 0.573. The van der Waals surface area contributed by atoms with Crippen molar-refractivity contribution in [2.24, 2.45) is 0 Å². The molecule has 31 heavy (non-hydrogen) atoms. The second-order valence-electron chi connectivity index (χ2n) is 7.07. The van der Waals surface area contributed by atoms with Gasteiger partial charge in [-0.3, -0.25) is 4.79 Å². The molecule has 1 unspecified atom stereocenters. The standard InChI is InChI=1S/C19H15F5N6O/c1-9-7-14(26-8-12(9)20)30-13-4-6-29(10(2)16(13)27-28-30)18(31)11-3-5-25-17(15(11)21)19(22,23)24/h3,5,7-8,10H,4,6H2,1-2H3. The highest BCUT2D eigenvalue weighted by molar-refractivity contribution is 5.95. The predicted molar refractivity (Wildman–Crippen MR) is 96.2 cm³/mol. The molecule has 1 amide bonds. The Morgan fingerprint density at radius 2 is 1.97 bits per heavy atom. The van der Waals surface area contributed by atoms with E-state index in [4.69, 9.17) is 0 Å². The molecule has 7 nitrogen and oxygen atoms in total. The fourth-order valence-electron chi connectivity index (χ4n) is 3.50. The van der Waals surface area contributed by atoms with Gasteiger partial charge in [-0.15, -0.1) is 5.10 Å². The van der Waals surface area contributed by atoms with Gasteiger partial charge in [0.15, 0.2) is 17.3 Å². The Morgan fingerprint density at radius 3 is 2.65 bits per heavy atom. The van der Waals surface area contributed by atoms with Crippen molar-refractivity contribution in [3.63, 3.8) is 0 Å². The molecule has 0 N–H and O–H groups in total. The first-order valence-corrected chi connectivity index (χ1v) is 9.19. The number of fused-ring (bicyclic) bond motifs is 1. The second kappa shape index (κ2) is 7.36. The molecule has 0 saturated carbocycles. The van der Waals surface area contributed by atoms with Crippen LogP contribution in [0.3, 0.4) is 0 Å². The molecule has 3 aromatic rings. The summed E-state index contributed by atoms with van der Waals surface area (Å²) >= 11 is 0. The summed E-state index contributed by atoms with van der Waals surface area (Å²) in [6, 6.07) is 1.72. The lowest BCUT2D eigenvalue weighted by molar-refractivity contribution is -0.143. The molecule has 0 spiro atoms. The van der Waals surface area contributed by atoms with Crippen LogP contribution in [0.2, 0.25) is 0 Å². The minimum absolute atomic E-state index is 0.0870. The van der Waals surface area contributed by atoms with Crippen molar-refractivity contribution < 1.29 is 26.7 Å². The zero-order valence-corrected chi connectivity index (χ0v) is 16.3. The maximum absolute atomic E-state index is 14.4. The zero-order valence-electron chi connectivity index (χ0n) is 16.3. The SMILES string of the molecule is Cc1cc(-n2nnc3c2CCN(C(=O)c2ccnc(C(F)(F)F)c2F)C3C)ncc1F. The lowest BCUT2D eigenvalue weighted by Gasteiger charge is -2.32. The molecule has 1 aliphatic rings. The Hall–Kier alpha value is -3.44. The molecule has 0 bridgehead atoms. The van der Waals surface area contributed by atoms with Crippen molar-refractivity contribution in [1.29, 1.82) is 0 Å². The highest BCUT2D eigenvalue weighted by atomic mass is 19.4. The van der Waals surface area contributed by atoms with Crippen LogP contribution in [-0.4, -0.2) is 42.3 Å². The van der Waals surface area contributed by atoms with Gasteiger partial charge < -0.3 is 4.90 Å². The lowest BCUT2D eigenvalue weighted by atomic mass is 10.0. The van der Waals surface area contributed by atoms with E-state index in [1.165, 1.54) is 15.6 Å². The number of hydrogen-bond donors (Lipinski definition) is 0. The average Bonchev–Trinajstić information content (AvgIpc) is 3.14. The number of pyridine rings is 2. The number of halogens is 5. The number of carbonyl (C=O) groups is 1. The van der Waals surface area contributed by atoms with E-state index < -0.39 is 41.0 Å². The van der Waals surface area contributed by atoms with Gasteiger partial charge in [0.25, 0.3) is 5.91 Å². The maximum atomic E-state index is 14.4. The van der Waals surface area contributed by atoms with Gasteiger partial charge >= 0.3 is 6.18 Å². The predicted octanol–water partition coefficient (Wildman–Crippen LogP) is 3.42. The number of rotatable bonds is 2. The maximum Gasteiger partial charge on any atom is 0.436 e. The van der Waals surface area contributed by atoms with E-state index >= 15 is 0 Å². The minimum atomic E-state index is -5.02. The van der Waals surface area contributed by atoms with Gasteiger partial charge in [-0.2, -0.15) is 17.9 Å². The molecule has 3 aromatic heterocycles. The van der Waals surface area contributed by atoms with Gasteiger partial charge in [0.05, 0.1) is 23.5 Å². The van der Waals surface area contributed by atoms with Gasteiger partial charge in [-0.25, -0.2) is 18.7 Å². The molecule has 0 aliphatic carbocycles. The average molecular weight is 438 g/mol. The molecule has 0 aromatic carbocycles. The number of hydrogen-bond acceptors (Lipinski definition) is 5. The van der Waals surface area contributed by atoms with Crippen molar-refractivity contribution in [3.05, 3.63) is 64.4 Å². The first-order valence-electron chi connectivity index (χ1n) is 9.19. The highest BCUT2D eigenvalue weighted by Crippen LogP contribution is 2.33. The summed E-state index contributed by atoms with van der Waals surface area (Å²) in [6.45, 7) is 3.27. The number of alkyl halides is 3. The monoisotopic (exact) mass is 438 g/mol. The summed E-state index contributed by atoms with van der Waals surface area (Å²) in [5, 5.41) is 8.10. The number of amides is 1. The van der Waals surface area contributed by atoms with Crippen LogP contribution in [0.1, 0.15) is 46.0 Å². The number of aryl methyl sites for hydroxylation is 1. The Morgan fingerprint density at radius 1 is 1.23 bits per heavy atom. The molecule has 162 valence electrons. The van der Waals surface area contributed by atoms with E-state index in [-0.39, 0.29) is 13.0 Å². The Labute approximate surface area is 172 Å². The van der Waals surface area contributed by atoms with Crippen molar-refractivity contribution in [2.75, 3.05) is 6.54 Å². The van der Waals surface area contributed by atoms with Crippen LogP contribution in [0.4, 0.5) is 22.0 Å². The van der Waals surface area contributed by atoms with E-state index in [0.717, 1.165) is 18.5 Å². The van der Waals surface area contributed by atoms with Gasteiger partial charge in [0, 0.05) is 19.2 Å². The molecule has 1 aliphatic heterocycles. The van der Waals surface area contributed by atoms with Crippen LogP contribution in [0.15, 0.2) is 24.5 Å². The van der Waals surface area contributed by atoms with Crippen LogP contribution in [0.25, 0.3) is 5.82 Å². The van der Waals surface area contributed by atoms with Crippen molar-refractivity contribution >= 4 is 5.91 Å². The van der Waals surface area contributed by atoms with E-state index in [1.807, 2.05) is 0 Å². The molecule has 4 heterocycles. The van der Waals surface area contributed by atoms with Gasteiger partial charge in [0.1, 0.15) is 11.5 Å². The molecule has 0 saturated heterocycles. The molecule has 12 heteroatoms.